The molecule has 45 heavy (non-hydrogen) atoms. The van der Waals surface area contributed by atoms with Crippen molar-refractivity contribution < 1.29 is 28.7 Å². The minimum Gasteiger partial charge on any atom is -0.456 e. The normalized spacial score (nSPS) is 14.6. The second-order valence-electron chi connectivity index (χ2n) is 10.8. The van der Waals surface area contributed by atoms with E-state index in [0.717, 1.165) is 29.9 Å². The van der Waals surface area contributed by atoms with Crippen LogP contribution in [-0.2, 0) is 24.6 Å². The van der Waals surface area contributed by atoms with Gasteiger partial charge in [-0.25, -0.2) is 9.80 Å². The average Bonchev–Trinajstić information content (AvgIpc) is 3.54. The van der Waals surface area contributed by atoms with Crippen molar-refractivity contribution in [2.75, 3.05) is 9.80 Å². The predicted molar refractivity (Wildman–Crippen MR) is 177 cm³/mol. The molecular weight excluding hydrogens is 704 g/mol. The van der Waals surface area contributed by atoms with Crippen LogP contribution < -0.4 is 19.3 Å². The monoisotopic (exact) mass is 726 g/mol. The Bertz CT molecular complexity index is 1760. The SMILES string of the molecule is CC(C)(c1ccc(Oc2ccc(N3C(=O)C=CC3=O)cc2)c(Br)c1)c1ccc(Oc2ccc(N3C(=O)C=CC3=O)cc2)c(Br)c1. The number of halogens is 2. The van der Waals surface area contributed by atoms with Gasteiger partial charge in [-0.2, -0.15) is 0 Å². The van der Waals surface area contributed by atoms with E-state index in [9.17, 15) is 19.2 Å². The van der Waals surface area contributed by atoms with Crippen LogP contribution in [-0.4, -0.2) is 23.6 Å². The van der Waals surface area contributed by atoms with Crippen LogP contribution in [0.2, 0.25) is 0 Å². The first-order valence-corrected chi connectivity index (χ1v) is 15.4. The van der Waals surface area contributed by atoms with Gasteiger partial charge in [0.2, 0.25) is 0 Å². The van der Waals surface area contributed by atoms with Crippen LogP contribution in [0.5, 0.6) is 23.0 Å². The molecular formula is C35H24Br2N2O6. The van der Waals surface area contributed by atoms with Crippen molar-refractivity contribution in [1.29, 1.82) is 0 Å². The van der Waals surface area contributed by atoms with Gasteiger partial charge in [0.05, 0.1) is 20.3 Å². The molecule has 2 heterocycles. The van der Waals surface area contributed by atoms with Gasteiger partial charge in [-0.15, -0.1) is 0 Å². The molecule has 0 fully saturated rings. The summed E-state index contributed by atoms with van der Waals surface area (Å²) in [5.41, 5.74) is 2.67. The van der Waals surface area contributed by atoms with Gasteiger partial charge in [-0.1, -0.05) is 26.0 Å². The molecule has 0 radical (unpaired) electrons. The largest absolute Gasteiger partial charge is 0.456 e. The maximum absolute atomic E-state index is 11.9. The summed E-state index contributed by atoms with van der Waals surface area (Å²) in [7, 11) is 0. The third kappa shape index (κ3) is 5.99. The molecule has 0 spiro atoms. The molecule has 2 aliphatic heterocycles. The van der Waals surface area contributed by atoms with Crippen LogP contribution in [0.3, 0.4) is 0 Å². The van der Waals surface area contributed by atoms with E-state index in [0.29, 0.717) is 34.4 Å². The van der Waals surface area contributed by atoms with Gasteiger partial charge in [-0.05, 0) is 116 Å². The molecule has 8 nitrogen and oxygen atoms in total. The Balaban J connectivity index is 1.14. The van der Waals surface area contributed by atoms with Crippen LogP contribution in [0, 0.1) is 0 Å². The molecule has 0 N–H and O–H groups in total. The lowest BCUT2D eigenvalue weighted by Crippen LogP contribution is -2.29. The lowest BCUT2D eigenvalue weighted by molar-refractivity contribution is -0.121. The van der Waals surface area contributed by atoms with Gasteiger partial charge in [0.25, 0.3) is 23.6 Å². The Kier molecular flexibility index (Phi) is 8.03. The summed E-state index contributed by atoms with van der Waals surface area (Å²) in [5.74, 6) is 0.858. The van der Waals surface area contributed by atoms with Crippen LogP contribution in [0.25, 0.3) is 0 Å². The van der Waals surface area contributed by atoms with E-state index in [1.807, 2.05) is 36.4 Å². The number of nitrogens with zero attached hydrogens (tertiary/aromatic N) is 2. The highest BCUT2D eigenvalue weighted by Crippen LogP contribution is 2.40. The smallest absolute Gasteiger partial charge is 0.258 e. The second kappa shape index (κ2) is 11.9. The second-order valence-corrected chi connectivity index (χ2v) is 12.5. The summed E-state index contributed by atoms with van der Waals surface area (Å²) < 4.78 is 13.7. The maximum Gasteiger partial charge on any atom is 0.258 e. The minimum atomic E-state index is -0.378. The Morgan fingerprint density at radius 2 is 0.844 bits per heavy atom. The number of hydrogen-bond donors (Lipinski definition) is 0. The van der Waals surface area contributed by atoms with Crippen molar-refractivity contribution in [2.24, 2.45) is 0 Å². The van der Waals surface area contributed by atoms with Crippen LogP contribution in [0.1, 0.15) is 25.0 Å². The van der Waals surface area contributed by atoms with Crippen LogP contribution in [0.15, 0.2) is 118 Å². The summed E-state index contributed by atoms with van der Waals surface area (Å²) in [5, 5.41) is 0. The van der Waals surface area contributed by atoms with E-state index in [1.165, 1.54) is 24.3 Å². The first-order valence-electron chi connectivity index (χ1n) is 13.8. The van der Waals surface area contributed by atoms with Crippen molar-refractivity contribution in [3.63, 3.8) is 0 Å². The highest BCUT2D eigenvalue weighted by molar-refractivity contribution is 9.11. The van der Waals surface area contributed by atoms with E-state index in [2.05, 4.69) is 45.7 Å². The van der Waals surface area contributed by atoms with E-state index in [4.69, 9.17) is 9.47 Å². The van der Waals surface area contributed by atoms with Crippen LogP contribution >= 0.6 is 31.9 Å². The first kappa shape index (κ1) is 30.2. The molecule has 0 aromatic heterocycles. The molecule has 6 rings (SSSR count). The molecule has 0 saturated heterocycles. The first-order chi connectivity index (χ1) is 21.5. The molecule has 2 aliphatic rings. The number of imide groups is 2. The fourth-order valence-electron chi connectivity index (χ4n) is 5.00. The average molecular weight is 728 g/mol. The zero-order valence-electron chi connectivity index (χ0n) is 24.0. The van der Waals surface area contributed by atoms with Crippen molar-refractivity contribution >= 4 is 66.9 Å². The zero-order chi connectivity index (χ0) is 31.9. The number of carbonyl (C=O) groups excluding carboxylic acids is 4. The number of benzene rings is 4. The number of ether oxygens (including phenoxy) is 2. The van der Waals surface area contributed by atoms with E-state index in [1.54, 1.807) is 48.5 Å². The molecule has 224 valence electrons. The van der Waals surface area contributed by atoms with Crippen molar-refractivity contribution in [3.8, 4) is 23.0 Å². The fraction of sp³-hybridized carbons (Fsp3) is 0.0857. The summed E-state index contributed by atoms with van der Waals surface area (Å²) in [6.07, 6.45) is 4.99. The molecule has 0 unspecified atom stereocenters. The van der Waals surface area contributed by atoms with E-state index >= 15 is 0 Å². The summed E-state index contributed by atoms with van der Waals surface area (Å²) in [6, 6.07) is 25.3. The van der Waals surface area contributed by atoms with Gasteiger partial charge in [0.1, 0.15) is 23.0 Å². The van der Waals surface area contributed by atoms with Crippen molar-refractivity contribution in [1.82, 2.24) is 0 Å². The Morgan fingerprint density at radius 1 is 0.511 bits per heavy atom. The minimum absolute atomic E-state index is 0.371. The molecule has 0 atom stereocenters. The number of amides is 4. The fourth-order valence-corrected chi connectivity index (χ4v) is 5.92. The summed E-state index contributed by atoms with van der Waals surface area (Å²) in [4.78, 5) is 50.0. The Hall–Kier alpha value is -4.80. The van der Waals surface area contributed by atoms with Gasteiger partial charge >= 0.3 is 0 Å². The highest BCUT2D eigenvalue weighted by atomic mass is 79.9. The van der Waals surface area contributed by atoms with Gasteiger partial charge in [0, 0.05) is 29.7 Å². The number of hydrogen-bond acceptors (Lipinski definition) is 6. The molecule has 4 aromatic carbocycles. The van der Waals surface area contributed by atoms with E-state index < -0.39 is 0 Å². The van der Waals surface area contributed by atoms with Gasteiger partial charge < -0.3 is 9.47 Å². The van der Waals surface area contributed by atoms with E-state index in [-0.39, 0.29) is 29.0 Å². The topological polar surface area (TPSA) is 93.2 Å². The lowest BCUT2D eigenvalue weighted by atomic mass is 9.78. The standard InChI is InChI=1S/C35H24Br2N2O6/c1-35(2,21-3-13-29(27(36)19-21)44-25-9-5-23(6-10-25)38-31(40)15-16-32(38)41)22-4-14-30(28(37)20-22)45-26-11-7-24(8-12-26)39-33(42)17-18-34(39)43/h3-20H,1-2H3. The zero-order valence-corrected chi connectivity index (χ0v) is 27.2. The molecule has 10 heteroatoms. The quantitative estimate of drug-likeness (QED) is 0.171. The van der Waals surface area contributed by atoms with Gasteiger partial charge in [-0.3, -0.25) is 19.2 Å². The molecule has 4 amide bonds. The summed E-state index contributed by atoms with van der Waals surface area (Å²) in [6.45, 7) is 4.25. The summed E-state index contributed by atoms with van der Waals surface area (Å²) >= 11 is 7.29. The number of rotatable bonds is 8. The third-order valence-electron chi connectivity index (χ3n) is 7.57. The molecule has 0 bridgehead atoms. The van der Waals surface area contributed by atoms with Gasteiger partial charge in [0.15, 0.2) is 0 Å². The Labute approximate surface area is 275 Å². The van der Waals surface area contributed by atoms with Crippen molar-refractivity contribution in [3.05, 3.63) is 129 Å². The number of anilines is 2. The maximum atomic E-state index is 11.9. The Morgan fingerprint density at radius 3 is 1.16 bits per heavy atom. The molecule has 4 aromatic rings. The molecule has 0 saturated carbocycles. The number of carbonyl (C=O) groups is 4. The molecule has 0 aliphatic carbocycles. The van der Waals surface area contributed by atoms with Crippen molar-refractivity contribution in [2.45, 2.75) is 19.3 Å². The highest BCUT2D eigenvalue weighted by Gasteiger charge is 2.27. The lowest BCUT2D eigenvalue weighted by Gasteiger charge is -2.27. The predicted octanol–water partition coefficient (Wildman–Crippen LogP) is 7.98. The third-order valence-corrected chi connectivity index (χ3v) is 8.81. The van der Waals surface area contributed by atoms with Crippen LogP contribution in [0.4, 0.5) is 11.4 Å².